The first-order chi connectivity index (χ1) is 13.2. The van der Waals surface area contributed by atoms with Crippen molar-refractivity contribution in [2.75, 3.05) is 25.0 Å². The number of carbonyl (C=O) groups is 1. The largest absolute Gasteiger partial charge is 0.492 e. The van der Waals surface area contributed by atoms with E-state index in [4.69, 9.17) is 4.74 Å². The maximum absolute atomic E-state index is 12.2. The van der Waals surface area contributed by atoms with Gasteiger partial charge in [0.1, 0.15) is 5.75 Å². The van der Waals surface area contributed by atoms with Crippen LogP contribution in [0.2, 0.25) is 0 Å². The normalized spacial score (nSPS) is 13.9. The number of carbonyl (C=O) groups excluding carboxylic acids is 1. The van der Waals surface area contributed by atoms with E-state index in [9.17, 15) is 4.79 Å². The van der Waals surface area contributed by atoms with E-state index in [0.29, 0.717) is 24.6 Å². The lowest BCUT2D eigenvalue weighted by molar-refractivity contribution is 0.210. The quantitative estimate of drug-likeness (QED) is 0.747. The summed E-state index contributed by atoms with van der Waals surface area (Å²) in [5.74, 6) is 0.666. The van der Waals surface area contributed by atoms with Gasteiger partial charge in [-0.25, -0.2) is 4.79 Å². The number of para-hydroxylation sites is 2. The highest BCUT2D eigenvalue weighted by atomic mass is 16.5. The van der Waals surface area contributed by atoms with E-state index >= 15 is 0 Å². The third kappa shape index (κ3) is 5.23. The van der Waals surface area contributed by atoms with Gasteiger partial charge in [-0.05, 0) is 38.1 Å². The molecule has 0 radical (unpaired) electrons. The minimum Gasteiger partial charge on any atom is -0.492 e. The molecule has 0 aliphatic carbocycles. The third-order valence-corrected chi connectivity index (χ3v) is 4.62. The molecular weight excluding hydrogens is 342 g/mol. The Morgan fingerprint density at radius 1 is 1.26 bits per heavy atom. The number of benzene rings is 1. The molecule has 0 unspecified atom stereocenters. The van der Waals surface area contributed by atoms with Crippen molar-refractivity contribution in [2.45, 2.75) is 46.3 Å². The van der Waals surface area contributed by atoms with E-state index in [-0.39, 0.29) is 6.03 Å². The Hall–Kier alpha value is -2.54. The van der Waals surface area contributed by atoms with Crippen molar-refractivity contribution >= 4 is 11.7 Å². The molecule has 0 fully saturated rings. The van der Waals surface area contributed by atoms with E-state index in [1.807, 2.05) is 31.2 Å². The second-order valence-electron chi connectivity index (χ2n) is 6.72. The number of urea groups is 1. The number of hydrogen-bond donors (Lipinski definition) is 2. The van der Waals surface area contributed by atoms with E-state index in [0.717, 1.165) is 31.9 Å². The zero-order chi connectivity index (χ0) is 19.1. The summed E-state index contributed by atoms with van der Waals surface area (Å²) in [6.45, 7) is 9.10. The van der Waals surface area contributed by atoms with Crippen LogP contribution < -0.4 is 15.4 Å². The van der Waals surface area contributed by atoms with Gasteiger partial charge in [0.05, 0.1) is 36.8 Å². The van der Waals surface area contributed by atoms with Crippen LogP contribution in [0.25, 0.3) is 0 Å². The smallest absolute Gasteiger partial charge is 0.319 e. The Balaban J connectivity index is 1.52. The summed E-state index contributed by atoms with van der Waals surface area (Å²) < 4.78 is 7.59. The van der Waals surface area contributed by atoms with Crippen molar-refractivity contribution in [3.05, 3.63) is 41.7 Å². The van der Waals surface area contributed by atoms with Crippen molar-refractivity contribution in [1.29, 1.82) is 0 Å². The van der Waals surface area contributed by atoms with Gasteiger partial charge in [-0.3, -0.25) is 9.58 Å². The number of nitrogens with zero attached hydrogens (tertiary/aromatic N) is 3. The lowest BCUT2D eigenvalue weighted by Gasteiger charge is -2.27. The Kier molecular flexibility index (Phi) is 6.70. The molecule has 1 aromatic heterocycles. The Morgan fingerprint density at radius 3 is 2.93 bits per heavy atom. The SMILES string of the molecule is CCCCN1CCn2nc(CNC(=O)Nc3ccccc3OCC)cc2C1. The number of unbranched alkanes of at least 4 members (excludes halogenated alkanes) is 1. The van der Waals surface area contributed by atoms with Crippen LogP contribution in [-0.2, 0) is 19.6 Å². The van der Waals surface area contributed by atoms with Gasteiger partial charge in [-0.1, -0.05) is 25.5 Å². The predicted octanol–water partition coefficient (Wildman–Crippen LogP) is 3.22. The molecule has 1 aliphatic heterocycles. The van der Waals surface area contributed by atoms with Crippen LogP contribution in [0.3, 0.4) is 0 Å². The first-order valence-electron chi connectivity index (χ1n) is 9.74. The highest BCUT2D eigenvalue weighted by molar-refractivity contribution is 5.90. The van der Waals surface area contributed by atoms with Crippen molar-refractivity contribution in [3.63, 3.8) is 0 Å². The highest BCUT2D eigenvalue weighted by Gasteiger charge is 2.18. The van der Waals surface area contributed by atoms with E-state index in [1.165, 1.54) is 18.5 Å². The molecule has 2 amide bonds. The van der Waals surface area contributed by atoms with Crippen LogP contribution in [0.4, 0.5) is 10.5 Å². The van der Waals surface area contributed by atoms with Gasteiger partial charge in [0.25, 0.3) is 0 Å². The monoisotopic (exact) mass is 371 g/mol. The number of aromatic nitrogens is 2. The summed E-state index contributed by atoms with van der Waals surface area (Å²) in [6.07, 6.45) is 2.44. The second-order valence-corrected chi connectivity index (χ2v) is 6.72. The molecular formula is C20H29N5O2. The number of fused-ring (bicyclic) bond motifs is 1. The Bertz CT molecular complexity index is 759. The standard InChI is InChI=1S/C20H29N5O2/c1-3-5-10-24-11-12-25-17(15-24)13-16(23-25)14-21-20(26)22-18-8-6-7-9-19(18)27-4-2/h6-9,13H,3-5,10-12,14-15H2,1-2H3,(H2,21,22,26). The molecule has 0 bridgehead atoms. The van der Waals surface area contributed by atoms with Crippen LogP contribution in [0.15, 0.2) is 30.3 Å². The molecule has 2 aromatic rings. The summed E-state index contributed by atoms with van der Waals surface area (Å²) in [5, 5.41) is 10.3. The fourth-order valence-corrected chi connectivity index (χ4v) is 3.23. The topological polar surface area (TPSA) is 71.4 Å². The molecule has 1 aliphatic rings. The first-order valence-corrected chi connectivity index (χ1v) is 9.74. The lowest BCUT2D eigenvalue weighted by atomic mass is 10.2. The summed E-state index contributed by atoms with van der Waals surface area (Å²) in [6, 6.07) is 9.24. The maximum Gasteiger partial charge on any atom is 0.319 e. The van der Waals surface area contributed by atoms with Crippen LogP contribution >= 0.6 is 0 Å². The minimum absolute atomic E-state index is 0.266. The number of nitrogens with one attached hydrogen (secondary N) is 2. The van der Waals surface area contributed by atoms with Gasteiger partial charge in [0.15, 0.2) is 0 Å². The average molecular weight is 371 g/mol. The fourth-order valence-electron chi connectivity index (χ4n) is 3.23. The van der Waals surface area contributed by atoms with Gasteiger partial charge >= 0.3 is 6.03 Å². The van der Waals surface area contributed by atoms with Gasteiger partial charge in [-0.2, -0.15) is 5.10 Å². The van der Waals surface area contributed by atoms with E-state index < -0.39 is 0 Å². The van der Waals surface area contributed by atoms with Gasteiger partial charge in [0.2, 0.25) is 0 Å². The van der Waals surface area contributed by atoms with Crippen molar-refractivity contribution in [3.8, 4) is 5.75 Å². The molecule has 7 heteroatoms. The second kappa shape index (κ2) is 9.41. The maximum atomic E-state index is 12.2. The van der Waals surface area contributed by atoms with Crippen molar-refractivity contribution in [2.24, 2.45) is 0 Å². The molecule has 0 spiro atoms. The van der Waals surface area contributed by atoms with Crippen LogP contribution in [0.1, 0.15) is 38.1 Å². The number of rotatable bonds is 8. The molecule has 7 nitrogen and oxygen atoms in total. The molecule has 146 valence electrons. The molecule has 0 saturated heterocycles. The fraction of sp³-hybridized carbons (Fsp3) is 0.500. The molecule has 3 rings (SSSR count). The number of amides is 2. The van der Waals surface area contributed by atoms with Crippen molar-refractivity contribution in [1.82, 2.24) is 20.0 Å². The van der Waals surface area contributed by atoms with Gasteiger partial charge < -0.3 is 15.4 Å². The Labute approximate surface area is 160 Å². The Morgan fingerprint density at radius 2 is 2.11 bits per heavy atom. The zero-order valence-corrected chi connectivity index (χ0v) is 16.2. The molecule has 2 heterocycles. The summed E-state index contributed by atoms with van der Waals surface area (Å²) in [5.41, 5.74) is 2.76. The van der Waals surface area contributed by atoms with E-state index in [2.05, 4.69) is 38.3 Å². The van der Waals surface area contributed by atoms with E-state index in [1.54, 1.807) is 0 Å². The predicted molar refractivity (Wildman–Crippen MR) is 106 cm³/mol. The lowest BCUT2D eigenvalue weighted by Crippen LogP contribution is -2.34. The molecule has 1 aromatic carbocycles. The highest BCUT2D eigenvalue weighted by Crippen LogP contribution is 2.23. The van der Waals surface area contributed by atoms with Gasteiger partial charge in [-0.15, -0.1) is 0 Å². The number of ether oxygens (including phenoxy) is 1. The summed E-state index contributed by atoms with van der Waals surface area (Å²) in [7, 11) is 0. The number of hydrogen-bond acceptors (Lipinski definition) is 4. The van der Waals surface area contributed by atoms with Crippen LogP contribution in [-0.4, -0.2) is 40.4 Å². The average Bonchev–Trinajstić information content (AvgIpc) is 3.08. The summed E-state index contributed by atoms with van der Waals surface area (Å²) >= 11 is 0. The third-order valence-electron chi connectivity index (χ3n) is 4.62. The molecule has 27 heavy (non-hydrogen) atoms. The number of anilines is 1. The molecule has 0 atom stereocenters. The van der Waals surface area contributed by atoms with Gasteiger partial charge in [0, 0.05) is 13.1 Å². The zero-order valence-electron chi connectivity index (χ0n) is 16.2. The van der Waals surface area contributed by atoms with Crippen LogP contribution in [0, 0.1) is 0 Å². The first kappa shape index (κ1) is 19.2. The van der Waals surface area contributed by atoms with Crippen molar-refractivity contribution < 1.29 is 9.53 Å². The van der Waals surface area contributed by atoms with Crippen LogP contribution in [0.5, 0.6) is 5.75 Å². The summed E-state index contributed by atoms with van der Waals surface area (Å²) in [4.78, 5) is 14.7. The minimum atomic E-state index is -0.266. The molecule has 2 N–H and O–H groups in total. The molecule has 0 saturated carbocycles.